The predicted molar refractivity (Wildman–Crippen MR) is 60.0 cm³/mol. The minimum absolute atomic E-state index is 0.185. The van der Waals surface area contributed by atoms with Gasteiger partial charge in [-0.05, 0) is 19.4 Å². The number of nitrogens with one attached hydrogen (secondary N) is 1. The molecule has 2 aromatic heterocycles. The molecule has 0 radical (unpaired) electrons. The molecule has 16 heavy (non-hydrogen) atoms. The molecule has 0 bridgehead atoms. The fraction of sp³-hybridized carbons (Fsp3) is 0.417. The van der Waals surface area contributed by atoms with Crippen LogP contribution in [-0.4, -0.2) is 11.0 Å². The predicted octanol–water partition coefficient (Wildman–Crippen LogP) is 3.17. The molecule has 0 aromatic carbocycles. The molecule has 0 saturated heterocycles. The van der Waals surface area contributed by atoms with E-state index < -0.39 is 0 Å². The third kappa shape index (κ3) is 2.10. The molecule has 4 heteroatoms. The lowest BCUT2D eigenvalue weighted by molar-refractivity contribution is -0.149. The molecular weight excluding hydrogens is 206 g/mol. The summed E-state index contributed by atoms with van der Waals surface area (Å²) in [6.07, 6.45) is 2.72. The molecule has 1 atom stereocenters. The highest BCUT2D eigenvalue weighted by Crippen LogP contribution is 2.25. The lowest BCUT2D eigenvalue weighted by Crippen LogP contribution is -2.07. The van der Waals surface area contributed by atoms with E-state index in [-0.39, 0.29) is 12.1 Å². The number of carbonyl (C=O) groups is 1. The van der Waals surface area contributed by atoms with Crippen LogP contribution in [0.15, 0.2) is 22.7 Å². The fourth-order valence-electron chi connectivity index (χ4n) is 1.59. The Kier molecular flexibility index (Phi) is 2.99. The van der Waals surface area contributed by atoms with Crippen LogP contribution in [0.25, 0.3) is 11.1 Å². The third-order valence-corrected chi connectivity index (χ3v) is 2.42. The van der Waals surface area contributed by atoms with E-state index in [2.05, 4.69) is 4.98 Å². The number of furan rings is 1. The van der Waals surface area contributed by atoms with Gasteiger partial charge >= 0.3 is 5.97 Å². The van der Waals surface area contributed by atoms with Crippen molar-refractivity contribution in [1.29, 1.82) is 0 Å². The van der Waals surface area contributed by atoms with Gasteiger partial charge in [0.1, 0.15) is 5.76 Å². The number of ether oxygens (including phenoxy) is 1. The van der Waals surface area contributed by atoms with Crippen LogP contribution in [0.1, 0.15) is 38.6 Å². The Hall–Kier alpha value is -1.71. The maximum Gasteiger partial charge on any atom is 0.306 e. The van der Waals surface area contributed by atoms with E-state index in [1.54, 1.807) is 0 Å². The van der Waals surface area contributed by atoms with Gasteiger partial charge in [-0.3, -0.25) is 4.79 Å². The molecule has 1 N–H and O–H groups in total. The minimum atomic E-state index is -0.333. The lowest BCUT2D eigenvalue weighted by Gasteiger charge is -2.09. The summed E-state index contributed by atoms with van der Waals surface area (Å²) in [6.45, 7) is 3.76. The summed E-state index contributed by atoms with van der Waals surface area (Å²) in [7, 11) is 0. The van der Waals surface area contributed by atoms with Crippen LogP contribution in [0, 0.1) is 0 Å². The number of rotatable bonds is 4. The van der Waals surface area contributed by atoms with Crippen molar-refractivity contribution in [2.75, 3.05) is 0 Å². The Morgan fingerprint density at radius 1 is 1.62 bits per heavy atom. The quantitative estimate of drug-likeness (QED) is 0.807. The van der Waals surface area contributed by atoms with Crippen molar-refractivity contribution in [1.82, 2.24) is 4.98 Å². The summed E-state index contributed by atoms with van der Waals surface area (Å²) >= 11 is 0. The maximum absolute atomic E-state index is 11.3. The van der Waals surface area contributed by atoms with Crippen molar-refractivity contribution in [3.63, 3.8) is 0 Å². The Morgan fingerprint density at radius 3 is 3.12 bits per heavy atom. The Balaban J connectivity index is 2.07. The lowest BCUT2D eigenvalue weighted by atomic mass is 10.3. The van der Waals surface area contributed by atoms with Gasteiger partial charge in [0, 0.05) is 18.7 Å². The monoisotopic (exact) mass is 221 g/mol. The van der Waals surface area contributed by atoms with Crippen LogP contribution in [0.2, 0.25) is 0 Å². The van der Waals surface area contributed by atoms with Gasteiger partial charge in [-0.15, -0.1) is 0 Å². The van der Waals surface area contributed by atoms with Gasteiger partial charge in [-0.2, -0.15) is 0 Å². The number of fused-ring (bicyclic) bond motifs is 1. The number of H-pyrrole nitrogens is 1. The third-order valence-electron chi connectivity index (χ3n) is 2.42. The summed E-state index contributed by atoms with van der Waals surface area (Å²) in [5, 5.41) is 0. The highest BCUT2D eigenvalue weighted by atomic mass is 16.5. The van der Waals surface area contributed by atoms with Crippen molar-refractivity contribution >= 4 is 17.1 Å². The Morgan fingerprint density at radius 2 is 2.44 bits per heavy atom. The van der Waals surface area contributed by atoms with Crippen molar-refractivity contribution in [3.05, 3.63) is 24.1 Å². The molecule has 0 spiro atoms. The molecule has 0 saturated carbocycles. The topological polar surface area (TPSA) is 55.2 Å². The van der Waals surface area contributed by atoms with Gasteiger partial charge in [0.05, 0.1) is 5.52 Å². The molecule has 0 aliphatic heterocycles. The molecule has 0 aliphatic rings. The van der Waals surface area contributed by atoms with E-state index in [9.17, 15) is 4.79 Å². The van der Waals surface area contributed by atoms with E-state index in [0.717, 1.165) is 17.5 Å². The van der Waals surface area contributed by atoms with Crippen LogP contribution >= 0.6 is 0 Å². The summed E-state index contributed by atoms with van der Waals surface area (Å²) in [5.74, 6) is 0.487. The first kappa shape index (κ1) is 10.8. The summed E-state index contributed by atoms with van der Waals surface area (Å²) in [4.78, 5) is 14.3. The number of hydrogen-bond donors (Lipinski definition) is 1. The SMILES string of the molecule is CCCC(=O)OC(C)c1cc2[nH]ccc2o1. The largest absolute Gasteiger partial charge is 0.455 e. The first-order chi connectivity index (χ1) is 7.70. The zero-order chi connectivity index (χ0) is 11.5. The van der Waals surface area contributed by atoms with Crippen molar-refractivity contribution < 1.29 is 13.9 Å². The summed E-state index contributed by atoms with van der Waals surface area (Å²) in [5.41, 5.74) is 1.71. The second-order valence-corrected chi connectivity index (χ2v) is 3.79. The van der Waals surface area contributed by atoms with E-state index in [1.807, 2.05) is 32.2 Å². The van der Waals surface area contributed by atoms with Crippen LogP contribution in [-0.2, 0) is 9.53 Å². The van der Waals surface area contributed by atoms with Gasteiger partial charge in [0.25, 0.3) is 0 Å². The molecule has 86 valence electrons. The zero-order valence-electron chi connectivity index (χ0n) is 9.45. The average Bonchev–Trinajstić information content (AvgIpc) is 2.76. The number of aromatic amines is 1. The van der Waals surface area contributed by atoms with E-state index in [0.29, 0.717) is 12.2 Å². The van der Waals surface area contributed by atoms with Crippen LogP contribution in [0.5, 0.6) is 0 Å². The van der Waals surface area contributed by atoms with Gasteiger partial charge in [0.2, 0.25) is 0 Å². The number of hydrogen-bond acceptors (Lipinski definition) is 3. The average molecular weight is 221 g/mol. The zero-order valence-corrected chi connectivity index (χ0v) is 9.45. The van der Waals surface area contributed by atoms with Crippen LogP contribution in [0.3, 0.4) is 0 Å². The molecule has 1 unspecified atom stereocenters. The van der Waals surface area contributed by atoms with E-state index in [1.165, 1.54) is 0 Å². The molecule has 0 aliphatic carbocycles. The van der Waals surface area contributed by atoms with Gasteiger partial charge < -0.3 is 14.1 Å². The number of carbonyl (C=O) groups excluding carboxylic acids is 1. The molecular formula is C12H15NO3. The van der Waals surface area contributed by atoms with Gasteiger partial charge in [0.15, 0.2) is 11.7 Å². The fourth-order valence-corrected chi connectivity index (χ4v) is 1.59. The molecule has 2 heterocycles. The maximum atomic E-state index is 11.3. The Bertz CT molecular complexity index is 455. The minimum Gasteiger partial charge on any atom is -0.455 e. The summed E-state index contributed by atoms with van der Waals surface area (Å²) < 4.78 is 10.8. The smallest absolute Gasteiger partial charge is 0.306 e. The highest BCUT2D eigenvalue weighted by Gasteiger charge is 2.15. The van der Waals surface area contributed by atoms with E-state index >= 15 is 0 Å². The second kappa shape index (κ2) is 4.43. The first-order valence-electron chi connectivity index (χ1n) is 5.47. The van der Waals surface area contributed by atoms with Crippen molar-refractivity contribution in [2.24, 2.45) is 0 Å². The molecule has 4 nitrogen and oxygen atoms in total. The normalized spacial score (nSPS) is 12.9. The highest BCUT2D eigenvalue weighted by molar-refractivity contribution is 5.74. The first-order valence-corrected chi connectivity index (χ1v) is 5.47. The number of esters is 1. The molecule has 2 aromatic rings. The van der Waals surface area contributed by atoms with E-state index in [4.69, 9.17) is 9.15 Å². The Labute approximate surface area is 93.6 Å². The van der Waals surface area contributed by atoms with Gasteiger partial charge in [-0.1, -0.05) is 6.92 Å². The second-order valence-electron chi connectivity index (χ2n) is 3.79. The van der Waals surface area contributed by atoms with Crippen LogP contribution in [0.4, 0.5) is 0 Å². The molecule has 0 fully saturated rings. The van der Waals surface area contributed by atoms with Crippen molar-refractivity contribution in [2.45, 2.75) is 32.8 Å². The standard InChI is InChI=1S/C12H15NO3/c1-3-4-12(14)15-8(2)11-7-9-10(16-11)5-6-13-9/h5-8,13H,3-4H2,1-2H3. The van der Waals surface area contributed by atoms with Crippen molar-refractivity contribution in [3.8, 4) is 0 Å². The molecule has 2 rings (SSSR count). The van der Waals surface area contributed by atoms with Crippen LogP contribution < -0.4 is 0 Å². The molecule has 0 amide bonds. The number of aromatic nitrogens is 1. The van der Waals surface area contributed by atoms with Gasteiger partial charge in [-0.25, -0.2) is 0 Å². The summed E-state index contributed by atoms with van der Waals surface area (Å²) in [6, 6.07) is 3.71.